The van der Waals surface area contributed by atoms with Crippen molar-refractivity contribution in [1.29, 1.82) is 0 Å². The van der Waals surface area contributed by atoms with Crippen LogP contribution in [0.1, 0.15) is 5.56 Å². The maximum absolute atomic E-state index is 13.8. The lowest BCUT2D eigenvalue weighted by Crippen LogP contribution is -2.61. The SMILES string of the molecule is COc1ccc(NCC2C(=O)N(c3nc(-c4ccccc4)cs3)C(=S)N(c3ccccc3C)C2=O)cc1. The number of thiazole rings is 1. The largest absolute Gasteiger partial charge is 0.497 e. The van der Waals surface area contributed by atoms with Gasteiger partial charge in [-0.15, -0.1) is 11.3 Å². The number of para-hydroxylation sites is 1. The smallest absolute Gasteiger partial charge is 0.249 e. The third-order valence-electron chi connectivity index (χ3n) is 6.13. The van der Waals surface area contributed by atoms with Crippen molar-refractivity contribution in [2.75, 3.05) is 28.8 Å². The van der Waals surface area contributed by atoms with Crippen LogP contribution in [-0.2, 0) is 9.59 Å². The van der Waals surface area contributed by atoms with Crippen molar-refractivity contribution in [3.05, 3.63) is 89.8 Å². The molecular weight excluding hydrogens is 504 g/mol. The standard InChI is InChI=1S/C28H24N4O3S2/c1-18-8-6-7-11-24(18)31-25(33)22(16-29-20-12-14-21(35-2)15-13-20)26(34)32(28(31)36)27-30-23(17-37-27)19-9-4-3-5-10-19/h3-15,17,22,29H,16H2,1-2H3. The van der Waals surface area contributed by atoms with Crippen LogP contribution in [0, 0.1) is 12.8 Å². The normalized spacial score (nSPS) is 15.7. The van der Waals surface area contributed by atoms with Gasteiger partial charge in [-0.05, 0) is 55.0 Å². The van der Waals surface area contributed by atoms with E-state index < -0.39 is 11.8 Å². The summed E-state index contributed by atoms with van der Waals surface area (Å²) in [5.41, 5.74) is 3.96. The van der Waals surface area contributed by atoms with Gasteiger partial charge >= 0.3 is 0 Å². The molecule has 0 saturated carbocycles. The zero-order valence-corrected chi connectivity index (χ0v) is 21.9. The summed E-state index contributed by atoms with van der Waals surface area (Å²) in [6, 6.07) is 24.5. The fourth-order valence-corrected chi connectivity index (χ4v) is 5.39. The Morgan fingerprint density at radius 2 is 1.62 bits per heavy atom. The second-order valence-corrected chi connectivity index (χ2v) is 9.66. The second-order valence-electron chi connectivity index (χ2n) is 8.46. The molecule has 186 valence electrons. The Bertz CT molecular complexity index is 1450. The number of aryl methyl sites for hydroxylation is 1. The molecule has 9 heteroatoms. The highest BCUT2D eigenvalue weighted by Gasteiger charge is 2.46. The van der Waals surface area contributed by atoms with Gasteiger partial charge in [0.15, 0.2) is 10.2 Å². The van der Waals surface area contributed by atoms with Crippen LogP contribution in [0.3, 0.4) is 0 Å². The lowest BCUT2D eigenvalue weighted by Gasteiger charge is -2.38. The number of nitrogens with one attached hydrogen (secondary N) is 1. The summed E-state index contributed by atoms with van der Waals surface area (Å²) < 4.78 is 5.21. The molecule has 0 radical (unpaired) electrons. The summed E-state index contributed by atoms with van der Waals surface area (Å²) in [4.78, 5) is 35.1. The molecule has 1 aliphatic heterocycles. The lowest BCUT2D eigenvalue weighted by molar-refractivity contribution is -0.131. The van der Waals surface area contributed by atoms with Crippen LogP contribution < -0.4 is 19.9 Å². The van der Waals surface area contributed by atoms with E-state index in [1.54, 1.807) is 7.11 Å². The highest BCUT2D eigenvalue weighted by atomic mass is 32.1. The molecule has 1 aliphatic rings. The van der Waals surface area contributed by atoms with Crippen LogP contribution in [0.5, 0.6) is 5.75 Å². The molecular formula is C28H24N4O3S2. The average molecular weight is 529 g/mol. The average Bonchev–Trinajstić information content (AvgIpc) is 3.40. The molecule has 0 aliphatic carbocycles. The molecule has 1 fully saturated rings. The zero-order chi connectivity index (χ0) is 25.9. The number of carbonyl (C=O) groups is 2. The molecule has 0 bridgehead atoms. The molecule has 37 heavy (non-hydrogen) atoms. The predicted molar refractivity (Wildman–Crippen MR) is 151 cm³/mol. The Balaban J connectivity index is 1.50. The van der Waals surface area contributed by atoms with Gasteiger partial charge in [-0.1, -0.05) is 48.5 Å². The molecule has 1 N–H and O–H groups in total. The summed E-state index contributed by atoms with van der Waals surface area (Å²) >= 11 is 7.07. The number of rotatable bonds is 7. The van der Waals surface area contributed by atoms with Crippen LogP contribution >= 0.6 is 23.6 Å². The number of nitrogens with zero attached hydrogens (tertiary/aromatic N) is 3. The first-order chi connectivity index (χ1) is 18.0. The van der Waals surface area contributed by atoms with Crippen molar-refractivity contribution in [1.82, 2.24) is 4.98 Å². The topological polar surface area (TPSA) is 74.8 Å². The number of anilines is 3. The fourth-order valence-electron chi connectivity index (χ4n) is 4.13. The van der Waals surface area contributed by atoms with Crippen LogP contribution in [0.25, 0.3) is 11.3 Å². The van der Waals surface area contributed by atoms with E-state index in [4.69, 9.17) is 21.9 Å². The van der Waals surface area contributed by atoms with Gasteiger partial charge in [0, 0.05) is 23.2 Å². The van der Waals surface area contributed by atoms with Crippen molar-refractivity contribution in [3.63, 3.8) is 0 Å². The van der Waals surface area contributed by atoms with Gasteiger partial charge in [-0.3, -0.25) is 14.5 Å². The Kier molecular flexibility index (Phi) is 6.98. The minimum atomic E-state index is -1.00. The third-order valence-corrected chi connectivity index (χ3v) is 7.32. The maximum atomic E-state index is 13.8. The monoisotopic (exact) mass is 528 g/mol. The van der Waals surface area contributed by atoms with E-state index in [0.29, 0.717) is 10.8 Å². The number of benzene rings is 3. The van der Waals surface area contributed by atoms with E-state index >= 15 is 0 Å². The van der Waals surface area contributed by atoms with Crippen LogP contribution in [0.2, 0.25) is 0 Å². The van der Waals surface area contributed by atoms with Crippen molar-refractivity contribution < 1.29 is 14.3 Å². The molecule has 2 heterocycles. The van der Waals surface area contributed by atoms with E-state index in [0.717, 1.165) is 28.3 Å². The predicted octanol–water partition coefficient (Wildman–Crippen LogP) is 5.52. The molecule has 4 aromatic rings. The van der Waals surface area contributed by atoms with Crippen LogP contribution in [0.15, 0.2) is 84.2 Å². The first-order valence-electron chi connectivity index (χ1n) is 11.6. The van der Waals surface area contributed by atoms with Crippen LogP contribution in [0.4, 0.5) is 16.5 Å². The second kappa shape index (κ2) is 10.5. The number of hydrogen-bond donors (Lipinski definition) is 1. The highest BCUT2D eigenvalue weighted by Crippen LogP contribution is 2.34. The van der Waals surface area contributed by atoms with Gasteiger partial charge in [-0.25, -0.2) is 9.88 Å². The first-order valence-corrected chi connectivity index (χ1v) is 12.9. The number of thiocarbonyl (C=S) groups is 1. The Morgan fingerprint density at radius 1 is 0.946 bits per heavy atom. The Hall–Kier alpha value is -4.08. The number of amides is 2. The molecule has 1 unspecified atom stereocenters. The number of aromatic nitrogens is 1. The molecule has 7 nitrogen and oxygen atoms in total. The molecule has 1 aromatic heterocycles. The number of methoxy groups -OCH3 is 1. The first kappa shape index (κ1) is 24.6. The summed E-state index contributed by atoms with van der Waals surface area (Å²) in [7, 11) is 1.60. The third kappa shape index (κ3) is 4.83. The number of hydrogen-bond acceptors (Lipinski definition) is 7. The van der Waals surface area contributed by atoms with E-state index in [9.17, 15) is 9.59 Å². The summed E-state index contributed by atoms with van der Waals surface area (Å²) in [5, 5.41) is 5.63. The summed E-state index contributed by atoms with van der Waals surface area (Å²) in [6.45, 7) is 2.01. The molecule has 3 aromatic carbocycles. The molecule has 5 rings (SSSR count). The molecule has 1 atom stereocenters. The number of ether oxygens (including phenoxy) is 1. The van der Waals surface area contributed by atoms with Crippen LogP contribution in [-0.4, -0.2) is 35.6 Å². The summed E-state index contributed by atoms with van der Waals surface area (Å²) in [5.74, 6) is -1.07. The molecule has 1 saturated heterocycles. The van der Waals surface area contributed by atoms with Crippen molar-refractivity contribution in [2.45, 2.75) is 6.92 Å². The van der Waals surface area contributed by atoms with Crippen molar-refractivity contribution in [3.8, 4) is 17.0 Å². The minimum absolute atomic E-state index is 0.0963. The van der Waals surface area contributed by atoms with E-state index in [1.165, 1.54) is 21.1 Å². The maximum Gasteiger partial charge on any atom is 0.249 e. The van der Waals surface area contributed by atoms with Gasteiger partial charge in [-0.2, -0.15) is 0 Å². The molecule has 2 amide bonds. The zero-order valence-electron chi connectivity index (χ0n) is 20.3. The lowest BCUT2D eigenvalue weighted by atomic mass is 10.0. The van der Waals surface area contributed by atoms with Gasteiger partial charge < -0.3 is 10.1 Å². The number of carbonyl (C=O) groups excluding carboxylic acids is 2. The fraction of sp³-hybridized carbons (Fsp3) is 0.143. The summed E-state index contributed by atoms with van der Waals surface area (Å²) in [6.07, 6.45) is 0. The van der Waals surface area contributed by atoms with Crippen molar-refractivity contribution >= 4 is 57.0 Å². The van der Waals surface area contributed by atoms with E-state index in [2.05, 4.69) is 5.32 Å². The molecule has 0 spiro atoms. The van der Waals surface area contributed by atoms with Crippen molar-refractivity contribution in [2.24, 2.45) is 5.92 Å². The minimum Gasteiger partial charge on any atom is -0.497 e. The highest BCUT2D eigenvalue weighted by molar-refractivity contribution is 7.81. The van der Waals surface area contributed by atoms with Gasteiger partial charge in [0.1, 0.15) is 11.7 Å². The van der Waals surface area contributed by atoms with E-state index in [-0.39, 0.29) is 17.6 Å². The quantitative estimate of drug-likeness (QED) is 0.252. The van der Waals surface area contributed by atoms with Gasteiger partial charge in [0.25, 0.3) is 0 Å². The van der Waals surface area contributed by atoms with E-state index in [1.807, 2.05) is 91.2 Å². The van der Waals surface area contributed by atoms with Gasteiger partial charge in [0.05, 0.1) is 18.5 Å². The Labute approximate surface area is 224 Å². The Morgan fingerprint density at radius 3 is 2.32 bits per heavy atom. The van der Waals surface area contributed by atoms with Gasteiger partial charge in [0.2, 0.25) is 11.8 Å².